The number of carbonyl (C=O) groups is 3. The normalized spacial score (nSPS) is 13.8. The van der Waals surface area contributed by atoms with Crippen LogP contribution in [-0.4, -0.2) is 66.5 Å². The van der Waals surface area contributed by atoms with Crippen LogP contribution in [0.4, 0.5) is 0 Å². The number of ether oxygens (including phenoxy) is 3. The van der Waals surface area contributed by atoms with E-state index in [1.54, 1.807) is 0 Å². The molecular formula is C66H117O11P. The summed E-state index contributed by atoms with van der Waals surface area (Å²) in [5, 5.41) is 9.83. The molecule has 0 aromatic heterocycles. The van der Waals surface area contributed by atoms with E-state index in [9.17, 15) is 28.9 Å². The van der Waals surface area contributed by atoms with E-state index in [0.29, 0.717) is 19.3 Å². The summed E-state index contributed by atoms with van der Waals surface area (Å²) >= 11 is 0. The summed E-state index contributed by atoms with van der Waals surface area (Å²) in [5.41, 5.74) is 0. The Morgan fingerprint density at radius 2 is 0.667 bits per heavy atom. The zero-order valence-electron chi connectivity index (χ0n) is 50.1. The van der Waals surface area contributed by atoms with Crippen LogP contribution >= 0.6 is 7.82 Å². The van der Waals surface area contributed by atoms with Crippen LogP contribution in [0.3, 0.4) is 0 Å². The average molecular weight is 1120 g/mol. The van der Waals surface area contributed by atoms with Gasteiger partial charge in [0.05, 0.1) is 19.8 Å². The number of aliphatic hydroxyl groups excluding tert-OH is 1. The number of rotatable bonds is 59. The number of allylic oxidation sites excluding steroid dienone is 12. The number of carbonyl (C=O) groups excluding carboxylic acids is 3. The first-order valence-corrected chi connectivity index (χ1v) is 33.3. The molecule has 0 aliphatic carbocycles. The van der Waals surface area contributed by atoms with E-state index >= 15 is 0 Å². The Labute approximate surface area is 478 Å². The van der Waals surface area contributed by atoms with E-state index in [2.05, 4.69) is 93.7 Å². The zero-order chi connectivity index (χ0) is 56.9. The van der Waals surface area contributed by atoms with Crippen LogP contribution in [0.25, 0.3) is 0 Å². The van der Waals surface area contributed by atoms with Gasteiger partial charge in [0.15, 0.2) is 6.10 Å². The van der Waals surface area contributed by atoms with Gasteiger partial charge < -0.3 is 24.2 Å². The Kier molecular flexibility index (Phi) is 57.7. The molecule has 0 saturated carbocycles. The smallest absolute Gasteiger partial charge is 0.462 e. The number of phosphoric ester groups is 1. The lowest BCUT2D eigenvalue weighted by Gasteiger charge is -2.21. The van der Waals surface area contributed by atoms with E-state index in [1.165, 1.54) is 141 Å². The average Bonchev–Trinajstić information content (AvgIpc) is 3.43. The maximum atomic E-state index is 13.0. The summed E-state index contributed by atoms with van der Waals surface area (Å²) < 4.78 is 39.6. The minimum absolute atomic E-state index is 0.124. The number of phosphoric acid groups is 1. The van der Waals surface area contributed by atoms with Gasteiger partial charge in [-0.25, -0.2) is 4.57 Å². The molecule has 452 valence electrons. The quantitative estimate of drug-likeness (QED) is 0.0197. The molecule has 2 N–H and O–H groups in total. The Hall–Kier alpha value is -3.08. The molecule has 0 fully saturated rings. The van der Waals surface area contributed by atoms with Crippen LogP contribution in [0.1, 0.15) is 290 Å². The SMILES string of the molecule is CC/C=C\C/C=C\C/C=C\C/C=C\CCCCC(=O)OC(CO)COP(=O)(O)OCC(COC(=O)CCCCCCCCC/C=C\C/C=C\CCCCC)OC(=O)CCCCCCCCCCCCCCCCCCCCC. The van der Waals surface area contributed by atoms with Crippen LogP contribution in [0.5, 0.6) is 0 Å². The molecule has 0 rings (SSSR count). The lowest BCUT2D eigenvalue weighted by Crippen LogP contribution is -2.30. The first-order valence-electron chi connectivity index (χ1n) is 31.8. The molecule has 12 heteroatoms. The van der Waals surface area contributed by atoms with Gasteiger partial charge in [-0.1, -0.05) is 254 Å². The fourth-order valence-electron chi connectivity index (χ4n) is 8.79. The third-order valence-electron chi connectivity index (χ3n) is 13.6. The third-order valence-corrected chi connectivity index (χ3v) is 14.6. The van der Waals surface area contributed by atoms with Crippen LogP contribution in [0.15, 0.2) is 72.9 Å². The minimum Gasteiger partial charge on any atom is -0.462 e. The Morgan fingerprint density at radius 1 is 0.372 bits per heavy atom. The fraction of sp³-hybridized carbons (Fsp3) is 0.773. The molecule has 0 aromatic carbocycles. The topological polar surface area (TPSA) is 155 Å². The molecule has 0 aliphatic rings. The number of hydrogen-bond acceptors (Lipinski definition) is 10. The molecule has 0 heterocycles. The second-order valence-electron chi connectivity index (χ2n) is 21.2. The van der Waals surface area contributed by atoms with E-state index in [0.717, 1.165) is 89.9 Å². The molecule has 3 atom stereocenters. The second kappa shape index (κ2) is 60.0. The maximum Gasteiger partial charge on any atom is 0.472 e. The standard InChI is InChI=1S/C66H117O11P/c1-4-7-10-13-16-19-22-25-28-30-31-33-36-39-42-45-48-51-54-57-66(70)77-63(59-73-64(68)55-52-49-46-43-40-37-35-32-29-26-23-20-17-14-11-8-5-2)61-75-78(71,72)74-60-62(58-67)76-65(69)56-53-50-47-44-41-38-34-27-24-21-18-15-12-9-6-3/h9,12,17-18,20-21,26-27,29,34,41,44,62-63,67H,4-8,10-11,13-16,19,22-25,28,30-33,35-40,42-43,45-61H2,1-3H3,(H,71,72)/b12-9-,20-17-,21-18-,29-26-,34-27-,44-41-. The van der Waals surface area contributed by atoms with E-state index in [4.69, 9.17) is 23.3 Å². The molecule has 0 radical (unpaired) electrons. The molecule has 3 unspecified atom stereocenters. The van der Waals surface area contributed by atoms with Crippen molar-refractivity contribution in [3.8, 4) is 0 Å². The molecule has 0 bridgehead atoms. The number of esters is 3. The summed E-state index contributed by atoms with van der Waals surface area (Å²) in [4.78, 5) is 48.7. The summed E-state index contributed by atoms with van der Waals surface area (Å²) in [6.07, 6.45) is 68.6. The molecule has 0 aromatic rings. The summed E-state index contributed by atoms with van der Waals surface area (Å²) in [7, 11) is -4.77. The van der Waals surface area contributed by atoms with Crippen molar-refractivity contribution in [1.29, 1.82) is 0 Å². The lowest BCUT2D eigenvalue weighted by molar-refractivity contribution is -0.161. The van der Waals surface area contributed by atoms with Crippen LogP contribution in [0.2, 0.25) is 0 Å². The predicted molar refractivity (Wildman–Crippen MR) is 325 cm³/mol. The lowest BCUT2D eigenvalue weighted by atomic mass is 10.0. The van der Waals surface area contributed by atoms with Crippen molar-refractivity contribution in [3.05, 3.63) is 72.9 Å². The highest BCUT2D eigenvalue weighted by molar-refractivity contribution is 7.47. The van der Waals surface area contributed by atoms with Gasteiger partial charge in [-0.15, -0.1) is 0 Å². The minimum atomic E-state index is -4.77. The van der Waals surface area contributed by atoms with Gasteiger partial charge in [-0.05, 0) is 89.9 Å². The molecule has 0 saturated heterocycles. The van der Waals surface area contributed by atoms with Crippen molar-refractivity contribution in [3.63, 3.8) is 0 Å². The van der Waals surface area contributed by atoms with Gasteiger partial charge in [-0.2, -0.15) is 0 Å². The molecular weight excluding hydrogens is 1000 g/mol. The fourth-order valence-corrected chi connectivity index (χ4v) is 9.57. The third kappa shape index (κ3) is 57.6. The van der Waals surface area contributed by atoms with Crippen molar-refractivity contribution in [2.75, 3.05) is 26.4 Å². The zero-order valence-corrected chi connectivity index (χ0v) is 51.0. The van der Waals surface area contributed by atoms with Gasteiger partial charge >= 0.3 is 25.7 Å². The van der Waals surface area contributed by atoms with E-state index in [1.807, 2.05) is 0 Å². The maximum absolute atomic E-state index is 13.0. The monoisotopic (exact) mass is 1120 g/mol. The van der Waals surface area contributed by atoms with Gasteiger partial charge in [-0.3, -0.25) is 23.4 Å². The molecule has 0 amide bonds. The second-order valence-corrected chi connectivity index (χ2v) is 22.7. The Morgan fingerprint density at radius 3 is 1.08 bits per heavy atom. The van der Waals surface area contributed by atoms with Crippen molar-refractivity contribution in [1.82, 2.24) is 0 Å². The molecule has 0 aliphatic heterocycles. The van der Waals surface area contributed by atoms with Crippen LogP contribution < -0.4 is 0 Å². The highest BCUT2D eigenvalue weighted by atomic mass is 31.2. The predicted octanol–water partition coefficient (Wildman–Crippen LogP) is 19.3. The van der Waals surface area contributed by atoms with E-state index in [-0.39, 0.29) is 25.9 Å². The first kappa shape index (κ1) is 74.9. The Bertz CT molecular complexity index is 1590. The van der Waals surface area contributed by atoms with Gasteiger partial charge in [0.1, 0.15) is 12.7 Å². The molecule has 78 heavy (non-hydrogen) atoms. The van der Waals surface area contributed by atoms with Gasteiger partial charge in [0.25, 0.3) is 0 Å². The largest absolute Gasteiger partial charge is 0.472 e. The molecule has 11 nitrogen and oxygen atoms in total. The van der Waals surface area contributed by atoms with E-state index < -0.39 is 57.8 Å². The van der Waals surface area contributed by atoms with Crippen molar-refractivity contribution in [2.24, 2.45) is 0 Å². The van der Waals surface area contributed by atoms with Crippen LogP contribution in [0, 0.1) is 0 Å². The van der Waals surface area contributed by atoms with Crippen LogP contribution in [-0.2, 0) is 42.2 Å². The highest BCUT2D eigenvalue weighted by Crippen LogP contribution is 2.43. The highest BCUT2D eigenvalue weighted by Gasteiger charge is 2.28. The Balaban J connectivity index is 4.73. The summed E-state index contributed by atoms with van der Waals surface area (Å²) in [6.45, 7) is 4.50. The van der Waals surface area contributed by atoms with Gasteiger partial charge in [0, 0.05) is 19.3 Å². The van der Waals surface area contributed by atoms with Crippen molar-refractivity contribution >= 4 is 25.7 Å². The summed E-state index contributed by atoms with van der Waals surface area (Å²) in [5.74, 6) is -1.50. The van der Waals surface area contributed by atoms with Gasteiger partial charge in [0.2, 0.25) is 0 Å². The van der Waals surface area contributed by atoms with Crippen molar-refractivity contribution in [2.45, 2.75) is 303 Å². The first-order chi connectivity index (χ1) is 38.2. The number of unbranched alkanes of at least 4 members (excludes halogenated alkanes) is 30. The number of hydrogen-bond donors (Lipinski definition) is 2. The number of aliphatic hydroxyl groups is 1. The van der Waals surface area contributed by atoms with Crippen molar-refractivity contribution < 1.29 is 52.2 Å². The molecule has 0 spiro atoms. The summed E-state index contributed by atoms with van der Waals surface area (Å²) in [6, 6.07) is 0.